The summed E-state index contributed by atoms with van der Waals surface area (Å²) in [6, 6.07) is 8.00. The van der Waals surface area contributed by atoms with E-state index in [9.17, 15) is 0 Å². The summed E-state index contributed by atoms with van der Waals surface area (Å²) in [5, 5.41) is 0.707. The Balaban J connectivity index is 2.68. The van der Waals surface area contributed by atoms with Gasteiger partial charge in [-0.3, -0.25) is 0 Å². The van der Waals surface area contributed by atoms with Gasteiger partial charge in [0.1, 0.15) is 5.75 Å². The van der Waals surface area contributed by atoms with Gasteiger partial charge in [-0.05, 0) is 58.6 Å². The third-order valence-electron chi connectivity index (χ3n) is 3.42. The van der Waals surface area contributed by atoms with E-state index in [1.807, 2.05) is 25.1 Å². The van der Waals surface area contributed by atoms with Crippen molar-refractivity contribution < 1.29 is 4.74 Å². The van der Waals surface area contributed by atoms with Crippen LogP contribution in [0.5, 0.6) is 5.75 Å². The predicted molar refractivity (Wildman–Crippen MR) is 100 cm³/mol. The molecule has 21 heavy (non-hydrogen) atoms. The summed E-state index contributed by atoms with van der Waals surface area (Å²) in [4.78, 5) is -0.0475. The molecule has 0 spiro atoms. The number of aryl methyl sites for hydroxylation is 1. The normalized spacial score (nSPS) is 12.3. The Morgan fingerprint density at radius 2 is 1.81 bits per heavy atom. The van der Waals surface area contributed by atoms with Crippen molar-refractivity contribution in [1.29, 1.82) is 0 Å². The Labute approximate surface area is 155 Å². The number of ether oxygens (including phenoxy) is 1. The summed E-state index contributed by atoms with van der Waals surface area (Å²) in [6.45, 7) is 4.11. The highest BCUT2D eigenvalue weighted by molar-refractivity contribution is 9.11. The second-order valence-electron chi connectivity index (χ2n) is 4.75. The number of rotatable bonds is 3. The lowest BCUT2D eigenvalue weighted by Gasteiger charge is -2.21. The van der Waals surface area contributed by atoms with Gasteiger partial charge in [-0.1, -0.05) is 55.6 Å². The van der Waals surface area contributed by atoms with Crippen LogP contribution in [0.3, 0.4) is 0 Å². The van der Waals surface area contributed by atoms with E-state index in [1.54, 1.807) is 7.11 Å². The number of benzene rings is 2. The topological polar surface area (TPSA) is 9.23 Å². The molecule has 0 aromatic heterocycles. The van der Waals surface area contributed by atoms with E-state index >= 15 is 0 Å². The second-order valence-corrected chi connectivity index (χ2v) is 7.76. The van der Waals surface area contributed by atoms with E-state index < -0.39 is 0 Å². The van der Waals surface area contributed by atoms with Gasteiger partial charge in [0.2, 0.25) is 0 Å². The highest BCUT2D eigenvalue weighted by Gasteiger charge is 2.23. The third kappa shape index (κ3) is 3.34. The number of halogens is 4. The van der Waals surface area contributed by atoms with Crippen molar-refractivity contribution in [2.24, 2.45) is 0 Å². The maximum absolute atomic E-state index is 6.44. The van der Waals surface area contributed by atoms with Crippen LogP contribution in [0.25, 0.3) is 0 Å². The lowest BCUT2D eigenvalue weighted by molar-refractivity contribution is 0.406. The lowest BCUT2D eigenvalue weighted by atomic mass is 9.97. The van der Waals surface area contributed by atoms with E-state index in [0.29, 0.717) is 5.02 Å². The van der Waals surface area contributed by atoms with Crippen LogP contribution >= 0.6 is 59.4 Å². The zero-order valence-corrected chi connectivity index (χ0v) is 17.3. The minimum absolute atomic E-state index is 0.0475. The molecule has 0 heterocycles. The molecule has 5 heteroatoms. The first-order chi connectivity index (χ1) is 9.88. The average molecular weight is 497 g/mol. The molecule has 0 saturated heterocycles. The number of hydrogen-bond acceptors (Lipinski definition) is 1. The SMILES string of the molecule is COc1c(C)cc(Br)c(C)c1C(Br)c1cccc(Br)c1Cl. The van der Waals surface area contributed by atoms with Crippen molar-refractivity contribution in [2.75, 3.05) is 7.11 Å². The standard InChI is InChI=1S/C16H14Br3ClO/c1-8-7-12(18)9(2)13(16(8)21-3)14(19)10-5-4-6-11(17)15(10)20/h4-7,14H,1-3H3. The first kappa shape index (κ1) is 17.3. The highest BCUT2D eigenvalue weighted by Crippen LogP contribution is 2.45. The lowest BCUT2D eigenvalue weighted by Crippen LogP contribution is -2.03. The van der Waals surface area contributed by atoms with Gasteiger partial charge in [0.15, 0.2) is 0 Å². The van der Waals surface area contributed by atoms with E-state index in [1.165, 1.54) is 0 Å². The van der Waals surface area contributed by atoms with Gasteiger partial charge < -0.3 is 4.74 Å². The zero-order valence-electron chi connectivity index (χ0n) is 11.8. The first-order valence-corrected chi connectivity index (χ1v) is 9.18. The molecule has 0 bridgehead atoms. The van der Waals surface area contributed by atoms with Gasteiger partial charge >= 0.3 is 0 Å². The fourth-order valence-corrected chi connectivity index (χ4v) is 4.56. The van der Waals surface area contributed by atoms with Gasteiger partial charge in [-0.15, -0.1) is 0 Å². The molecule has 0 amide bonds. The highest BCUT2D eigenvalue weighted by atomic mass is 79.9. The molecule has 0 saturated carbocycles. The Bertz CT molecular complexity index is 686. The fourth-order valence-electron chi connectivity index (χ4n) is 2.32. The quantitative estimate of drug-likeness (QED) is 0.416. The molecule has 2 rings (SSSR count). The summed E-state index contributed by atoms with van der Waals surface area (Å²) in [6.07, 6.45) is 0. The van der Waals surface area contributed by atoms with Crippen LogP contribution in [-0.4, -0.2) is 7.11 Å². The Hall–Kier alpha value is -0.0300. The monoisotopic (exact) mass is 494 g/mol. The fraction of sp³-hybridized carbons (Fsp3) is 0.250. The summed E-state index contributed by atoms with van der Waals surface area (Å²) < 4.78 is 7.56. The number of methoxy groups -OCH3 is 1. The smallest absolute Gasteiger partial charge is 0.126 e. The molecule has 1 nitrogen and oxygen atoms in total. The summed E-state index contributed by atoms with van der Waals surface area (Å²) in [5.41, 5.74) is 4.31. The van der Waals surface area contributed by atoms with Crippen LogP contribution < -0.4 is 4.74 Å². The van der Waals surface area contributed by atoms with Crippen LogP contribution in [-0.2, 0) is 0 Å². The van der Waals surface area contributed by atoms with Crippen molar-refractivity contribution in [1.82, 2.24) is 0 Å². The maximum Gasteiger partial charge on any atom is 0.126 e. The second kappa shape index (κ2) is 7.03. The van der Waals surface area contributed by atoms with Gasteiger partial charge in [-0.2, -0.15) is 0 Å². The summed E-state index contributed by atoms with van der Waals surface area (Å²) in [5.74, 6) is 0.883. The molecule has 0 fully saturated rings. The number of hydrogen-bond donors (Lipinski definition) is 0. The maximum atomic E-state index is 6.44. The molecule has 0 radical (unpaired) electrons. The summed E-state index contributed by atoms with van der Waals surface area (Å²) in [7, 11) is 1.70. The molecule has 1 atom stereocenters. The van der Waals surface area contributed by atoms with Crippen molar-refractivity contribution in [3.63, 3.8) is 0 Å². The Morgan fingerprint density at radius 3 is 2.43 bits per heavy atom. The van der Waals surface area contributed by atoms with Gasteiger partial charge in [0.05, 0.1) is 17.0 Å². The van der Waals surface area contributed by atoms with Crippen molar-refractivity contribution in [2.45, 2.75) is 18.7 Å². The van der Waals surface area contributed by atoms with E-state index in [0.717, 1.165) is 36.9 Å². The molecule has 0 N–H and O–H groups in total. The minimum atomic E-state index is -0.0475. The molecule has 1 unspecified atom stereocenters. The molecular weight excluding hydrogens is 483 g/mol. The zero-order chi connectivity index (χ0) is 15.7. The van der Waals surface area contributed by atoms with Gasteiger partial charge in [-0.25, -0.2) is 0 Å². The van der Waals surface area contributed by atoms with Crippen LogP contribution in [0.1, 0.15) is 27.1 Å². The van der Waals surface area contributed by atoms with Crippen molar-refractivity contribution >= 4 is 59.4 Å². The molecule has 0 aliphatic rings. The van der Waals surface area contributed by atoms with E-state index in [4.69, 9.17) is 16.3 Å². The Kier molecular flexibility index (Phi) is 5.80. The molecule has 0 aliphatic heterocycles. The average Bonchev–Trinajstić information content (AvgIpc) is 2.44. The van der Waals surface area contributed by atoms with Gasteiger partial charge in [0, 0.05) is 14.5 Å². The van der Waals surface area contributed by atoms with Crippen molar-refractivity contribution in [3.8, 4) is 5.75 Å². The summed E-state index contributed by atoms with van der Waals surface area (Å²) >= 11 is 17.3. The van der Waals surface area contributed by atoms with Crippen LogP contribution in [0.4, 0.5) is 0 Å². The van der Waals surface area contributed by atoms with Crippen LogP contribution in [0, 0.1) is 13.8 Å². The minimum Gasteiger partial charge on any atom is -0.496 e. The molecular formula is C16H14Br3ClO. The van der Waals surface area contributed by atoms with Crippen LogP contribution in [0.2, 0.25) is 5.02 Å². The molecule has 112 valence electrons. The van der Waals surface area contributed by atoms with Gasteiger partial charge in [0.25, 0.3) is 0 Å². The first-order valence-electron chi connectivity index (χ1n) is 6.30. The molecule has 2 aromatic carbocycles. The van der Waals surface area contributed by atoms with E-state index in [2.05, 4.69) is 60.8 Å². The molecule has 0 aliphatic carbocycles. The van der Waals surface area contributed by atoms with Crippen LogP contribution in [0.15, 0.2) is 33.2 Å². The number of alkyl halides is 1. The largest absolute Gasteiger partial charge is 0.496 e. The predicted octanol–water partition coefficient (Wildman–Crippen LogP) is 6.97. The van der Waals surface area contributed by atoms with E-state index in [-0.39, 0.29) is 4.83 Å². The third-order valence-corrected chi connectivity index (χ3v) is 6.51. The molecule has 2 aromatic rings. The Morgan fingerprint density at radius 1 is 1.14 bits per heavy atom. The van der Waals surface area contributed by atoms with Crippen molar-refractivity contribution in [3.05, 3.63) is 60.5 Å².